The van der Waals surface area contributed by atoms with Crippen molar-refractivity contribution in [3.63, 3.8) is 0 Å². The van der Waals surface area contributed by atoms with Gasteiger partial charge in [-0.15, -0.1) is 0 Å². The molecule has 2 aliphatic heterocycles. The van der Waals surface area contributed by atoms with Gasteiger partial charge in [0.2, 0.25) is 15.9 Å². The molecule has 3 aromatic rings. The number of sulfonamides is 1. The molecule has 1 N–H and O–H groups in total. The molecule has 0 spiro atoms. The summed E-state index contributed by atoms with van der Waals surface area (Å²) in [6, 6.07) is 13.2. The third-order valence-electron chi connectivity index (χ3n) is 7.37. The van der Waals surface area contributed by atoms with E-state index in [2.05, 4.69) is 9.88 Å². The summed E-state index contributed by atoms with van der Waals surface area (Å²) in [5.41, 5.74) is 2.16. The average Bonchev–Trinajstić information content (AvgIpc) is 2.90. The van der Waals surface area contributed by atoms with E-state index in [1.807, 2.05) is 37.3 Å². The number of benzene rings is 2. The van der Waals surface area contributed by atoms with E-state index in [-0.39, 0.29) is 23.9 Å². The molecule has 2 saturated heterocycles. The van der Waals surface area contributed by atoms with Crippen molar-refractivity contribution >= 4 is 38.4 Å². The number of piperidine rings is 1. The zero-order valence-corrected chi connectivity index (χ0v) is 21.5. The number of anilines is 1. The Morgan fingerprint density at radius 2 is 1.70 bits per heavy atom. The third-order valence-corrected chi connectivity index (χ3v) is 9.18. The average molecular weight is 523 g/mol. The highest BCUT2D eigenvalue weighted by atomic mass is 32.2. The van der Waals surface area contributed by atoms with Crippen LogP contribution >= 0.6 is 0 Å². The SMILES string of the molecule is Cc1ccc2cc(S(=O)(=O)N3CC(=O)N(CC4CCN(c5ccncc5)CC4)[C@@H](C(=O)O)C3)ccc2c1. The molecule has 1 atom stereocenters. The number of hydrogen-bond donors (Lipinski definition) is 1. The van der Waals surface area contributed by atoms with Crippen molar-refractivity contribution in [2.45, 2.75) is 30.7 Å². The third kappa shape index (κ3) is 5.17. The van der Waals surface area contributed by atoms with Crippen LogP contribution in [0.4, 0.5) is 5.69 Å². The lowest BCUT2D eigenvalue weighted by Gasteiger charge is -2.41. The lowest BCUT2D eigenvalue weighted by atomic mass is 9.94. The second kappa shape index (κ2) is 10.1. The predicted octanol–water partition coefficient (Wildman–Crippen LogP) is 2.75. The van der Waals surface area contributed by atoms with Crippen molar-refractivity contribution < 1.29 is 23.1 Å². The maximum atomic E-state index is 13.4. The fraction of sp³-hybridized carbons (Fsp3) is 0.370. The molecule has 194 valence electrons. The van der Waals surface area contributed by atoms with Crippen molar-refractivity contribution in [3.8, 4) is 0 Å². The van der Waals surface area contributed by atoms with E-state index in [4.69, 9.17) is 0 Å². The number of rotatable bonds is 6. The summed E-state index contributed by atoms with van der Waals surface area (Å²) in [4.78, 5) is 33.0. The summed E-state index contributed by atoms with van der Waals surface area (Å²) in [5.74, 6) is -1.53. The minimum absolute atomic E-state index is 0.0534. The smallest absolute Gasteiger partial charge is 0.327 e. The lowest BCUT2D eigenvalue weighted by Crippen LogP contribution is -2.61. The van der Waals surface area contributed by atoms with Crippen LogP contribution in [0.1, 0.15) is 18.4 Å². The van der Waals surface area contributed by atoms with Gasteiger partial charge in [0.25, 0.3) is 0 Å². The number of aryl methyl sites for hydroxylation is 1. The van der Waals surface area contributed by atoms with Crippen LogP contribution in [0.15, 0.2) is 65.8 Å². The summed E-state index contributed by atoms with van der Waals surface area (Å²) >= 11 is 0. The van der Waals surface area contributed by atoms with Gasteiger partial charge >= 0.3 is 5.97 Å². The highest BCUT2D eigenvalue weighted by molar-refractivity contribution is 7.89. The Hall–Kier alpha value is -3.50. The molecule has 2 aliphatic rings. The molecule has 3 heterocycles. The van der Waals surface area contributed by atoms with Crippen molar-refractivity contribution in [3.05, 3.63) is 66.5 Å². The van der Waals surface area contributed by atoms with Gasteiger partial charge in [0.15, 0.2) is 0 Å². The van der Waals surface area contributed by atoms with Crippen LogP contribution in [0, 0.1) is 12.8 Å². The van der Waals surface area contributed by atoms with Gasteiger partial charge in [0.05, 0.1) is 11.4 Å². The fourth-order valence-corrected chi connectivity index (χ4v) is 6.69. The molecule has 1 aromatic heterocycles. The second-order valence-electron chi connectivity index (χ2n) is 9.85. The fourth-order valence-electron chi connectivity index (χ4n) is 5.25. The summed E-state index contributed by atoms with van der Waals surface area (Å²) in [6.45, 7) is 3.24. The molecule has 2 aromatic carbocycles. The number of aromatic nitrogens is 1. The Bertz CT molecular complexity index is 1420. The van der Waals surface area contributed by atoms with Gasteiger partial charge in [-0.05, 0) is 60.7 Å². The zero-order valence-electron chi connectivity index (χ0n) is 20.7. The number of pyridine rings is 1. The first-order chi connectivity index (χ1) is 17.7. The second-order valence-corrected chi connectivity index (χ2v) is 11.8. The number of nitrogens with zero attached hydrogens (tertiary/aromatic N) is 4. The van der Waals surface area contributed by atoms with Crippen LogP contribution in [0.2, 0.25) is 0 Å². The van der Waals surface area contributed by atoms with Crippen LogP contribution < -0.4 is 4.90 Å². The van der Waals surface area contributed by atoms with Gasteiger partial charge in [0, 0.05) is 44.3 Å². The topological polar surface area (TPSA) is 111 Å². The molecule has 37 heavy (non-hydrogen) atoms. The predicted molar refractivity (Wildman–Crippen MR) is 140 cm³/mol. The van der Waals surface area contributed by atoms with Crippen molar-refractivity contribution in [1.29, 1.82) is 0 Å². The van der Waals surface area contributed by atoms with E-state index >= 15 is 0 Å². The number of aliphatic carboxylic acids is 1. The highest BCUT2D eigenvalue weighted by Crippen LogP contribution is 2.28. The molecule has 0 bridgehead atoms. The van der Waals surface area contributed by atoms with E-state index in [9.17, 15) is 23.1 Å². The Morgan fingerprint density at radius 1 is 1.03 bits per heavy atom. The molecule has 10 heteroatoms. The first-order valence-electron chi connectivity index (χ1n) is 12.4. The Balaban J connectivity index is 1.29. The largest absolute Gasteiger partial charge is 0.480 e. The van der Waals surface area contributed by atoms with Crippen LogP contribution in [-0.2, 0) is 19.6 Å². The minimum Gasteiger partial charge on any atom is -0.480 e. The van der Waals surface area contributed by atoms with E-state index in [0.29, 0.717) is 6.54 Å². The molecule has 9 nitrogen and oxygen atoms in total. The number of carbonyl (C=O) groups excluding carboxylic acids is 1. The molecule has 2 fully saturated rings. The number of carbonyl (C=O) groups is 2. The first kappa shape index (κ1) is 25.2. The molecule has 0 aliphatic carbocycles. The van der Waals surface area contributed by atoms with Crippen LogP contribution in [-0.4, -0.2) is 78.4 Å². The molecular formula is C27H30N4O5S. The summed E-state index contributed by atoms with van der Waals surface area (Å²) in [7, 11) is -4.05. The maximum Gasteiger partial charge on any atom is 0.327 e. The van der Waals surface area contributed by atoms with Gasteiger partial charge in [-0.2, -0.15) is 4.31 Å². The standard InChI is InChI=1S/C27H30N4O5S/c1-19-2-3-22-15-24(5-4-21(22)14-19)37(35,36)30-17-25(27(33)34)31(26(32)18-30)16-20-8-12-29(13-9-20)23-6-10-28-11-7-23/h2-7,10-11,14-15,20,25H,8-9,12-13,16-18H2,1H3,(H,33,34)/t25-/m1/s1. The number of hydrogen-bond acceptors (Lipinski definition) is 6. The molecule has 0 saturated carbocycles. The Kier molecular flexibility index (Phi) is 6.87. The van der Waals surface area contributed by atoms with Crippen molar-refractivity contribution in [1.82, 2.24) is 14.2 Å². The van der Waals surface area contributed by atoms with Crippen molar-refractivity contribution in [2.75, 3.05) is 37.6 Å². The molecular weight excluding hydrogens is 492 g/mol. The van der Waals surface area contributed by atoms with Gasteiger partial charge < -0.3 is 14.9 Å². The van der Waals surface area contributed by atoms with E-state index in [1.54, 1.807) is 24.5 Å². The quantitative estimate of drug-likeness (QED) is 0.530. The Morgan fingerprint density at radius 3 is 2.41 bits per heavy atom. The van der Waals surface area contributed by atoms with Crippen LogP contribution in [0.25, 0.3) is 10.8 Å². The van der Waals surface area contributed by atoms with Gasteiger partial charge in [-0.25, -0.2) is 13.2 Å². The van der Waals surface area contributed by atoms with Gasteiger partial charge in [-0.1, -0.05) is 29.8 Å². The number of carboxylic acid groups (broad SMARTS) is 1. The number of carboxylic acids is 1. The number of amides is 1. The number of piperazine rings is 1. The summed E-state index contributed by atoms with van der Waals surface area (Å²) < 4.78 is 27.9. The zero-order chi connectivity index (χ0) is 26.2. The normalized spacial score (nSPS) is 19.9. The van der Waals surface area contributed by atoms with Gasteiger partial charge in [-0.3, -0.25) is 9.78 Å². The maximum absolute atomic E-state index is 13.4. The van der Waals surface area contributed by atoms with Gasteiger partial charge in [0.1, 0.15) is 6.04 Å². The lowest BCUT2D eigenvalue weighted by molar-refractivity contribution is -0.154. The molecule has 0 radical (unpaired) electrons. The summed E-state index contributed by atoms with van der Waals surface area (Å²) in [5, 5.41) is 11.6. The van der Waals surface area contributed by atoms with Crippen molar-refractivity contribution in [2.24, 2.45) is 5.92 Å². The number of fused-ring (bicyclic) bond motifs is 1. The highest BCUT2D eigenvalue weighted by Gasteiger charge is 2.42. The minimum atomic E-state index is -4.05. The molecule has 1 amide bonds. The Labute approximate surface area is 216 Å². The van der Waals surface area contributed by atoms with Crippen LogP contribution in [0.3, 0.4) is 0 Å². The van der Waals surface area contributed by atoms with E-state index in [0.717, 1.165) is 52.3 Å². The van der Waals surface area contributed by atoms with Crippen LogP contribution in [0.5, 0.6) is 0 Å². The summed E-state index contributed by atoms with van der Waals surface area (Å²) in [6.07, 6.45) is 5.14. The van der Waals surface area contributed by atoms with E-state index < -0.39 is 27.9 Å². The monoisotopic (exact) mass is 522 g/mol. The molecule has 0 unspecified atom stereocenters. The first-order valence-corrected chi connectivity index (χ1v) is 13.8. The van der Waals surface area contributed by atoms with E-state index in [1.165, 1.54) is 11.0 Å². The molecule has 5 rings (SSSR count).